The van der Waals surface area contributed by atoms with Crippen LogP contribution in [-0.2, 0) is 12.2 Å². The fraction of sp³-hybridized carbons (Fsp3) is 0.158. The molecule has 0 aliphatic carbocycles. The number of thioether (sulfide) groups is 1. The Morgan fingerprint density at radius 2 is 1.80 bits per heavy atom. The van der Waals surface area contributed by atoms with Gasteiger partial charge in [-0.3, -0.25) is 0 Å². The Labute approximate surface area is 149 Å². The molecule has 128 valence electrons. The van der Waals surface area contributed by atoms with E-state index in [1.165, 1.54) is 17.8 Å². The molecular formula is C19H16F2N2OS. The summed E-state index contributed by atoms with van der Waals surface area (Å²) in [5.41, 5.74) is 1.10. The third-order valence-corrected chi connectivity index (χ3v) is 4.32. The Kier molecular flexibility index (Phi) is 5.60. The predicted molar refractivity (Wildman–Crippen MR) is 93.8 cm³/mol. The predicted octanol–water partition coefficient (Wildman–Crippen LogP) is 5.40. The van der Waals surface area contributed by atoms with Crippen molar-refractivity contribution in [2.75, 3.05) is 0 Å². The van der Waals surface area contributed by atoms with E-state index >= 15 is 0 Å². The van der Waals surface area contributed by atoms with Gasteiger partial charge in [-0.1, -0.05) is 36.9 Å². The van der Waals surface area contributed by atoms with Crippen molar-refractivity contribution in [3.63, 3.8) is 0 Å². The zero-order valence-electron chi connectivity index (χ0n) is 13.6. The molecule has 0 saturated heterocycles. The Balaban J connectivity index is 1.78. The number of hydrogen-bond donors (Lipinski definition) is 0. The molecule has 0 spiro atoms. The van der Waals surface area contributed by atoms with Crippen LogP contribution < -0.4 is 4.74 Å². The normalized spacial score (nSPS) is 10.7. The maximum atomic E-state index is 13.7. The van der Waals surface area contributed by atoms with E-state index in [-0.39, 0.29) is 11.3 Å². The van der Waals surface area contributed by atoms with Crippen LogP contribution in [0.25, 0.3) is 0 Å². The van der Waals surface area contributed by atoms with Gasteiger partial charge in [-0.25, -0.2) is 13.8 Å². The standard InChI is InChI=1S/C19H16F2N2OS/c1-2-15-11-18(24-16-6-4-3-5-7-16)23-19(22-15)25-12-13-10-14(20)8-9-17(13)21/h3-11H,2,12H2,1H3. The highest BCUT2D eigenvalue weighted by Gasteiger charge is 2.09. The van der Waals surface area contributed by atoms with E-state index in [4.69, 9.17) is 4.74 Å². The van der Waals surface area contributed by atoms with Gasteiger partial charge in [0.1, 0.15) is 17.4 Å². The second kappa shape index (κ2) is 8.07. The molecule has 3 aromatic rings. The maximum Gasteiger partial charge on any atom is 0.223 e. The third kappa shape index (κ3) is 4.76. The minimum atomic E-state index is -0.465. The fourth-order valence-electron chi connectivity index (χ4n) is 2.15. The lowest BCUT2D eigenvalue weighted by Gasteiger charge is -2.09. The molecule has 0 atom stereocenters. The maximum absolute atomic E-state index is 13.7. The van der Waals surface area contributed by atoms with Crippen molar-refractivity contribution >= 4 is 11.8 Å². The molecule has 3 rings (SSSR count). The highest BCUT2D eigenvalue weighted by Crippen LogP contribution is 2.26. The Bertz CT molecular complexity index is 859. The molecule has 1 heterocycles. The average molecular weight is 358 g/mol. The van der Waals surface area contributed by atoms with E-state index < -0.39 is 11.6 Å². The lowest BCUT2D eigenvalue weighted by atomic mass is 10.2. The van der Waals surface area contributed by atoms with Crippen molar-refractivity contribution in [2.45, 2.75) is 24.3 Å². The molecule has 0 bridgehead atoms. The Morgan fingerprint density at radius 3 is 2.56 bits per heavy atom. The highest BCUT2D eigenvalue weighted by molar-refractivity contribution is 7.98. The molecule has 0 unspecified atom stereocenters. The summed E-state index contributed by atoms with van der Waals surface area (Å²) in [5.74, 6) is 0.437. The first-order chi connectivity index (χ1) is 12.1. The van der Waals surface area contributed by atoms with E-state index in [0.29, 0.717) is 16.8 Å². The second-order valence-corrected chi connectivity index (χ2v) is 6.22. The van der Waals surface area contributed by atoms with Crippen LogP contribution in [0.3, 0.4) is 0 Å². The molecule has 2 aromatic carbocycles. The summed E-state index contributed by atoms with van der Waals surface area (Å²) < 4.78 is 32.8. The molecular weight excluding hydrogens is 342 g/mol. The molecule has 1 aromatic heterocycles. The fourth-order valence-corrected chi connectivity index (χ4v) is 2.99. The van der Waals surface area contributed by atoms with Crippen molar-refractivity contribution in [2.24, 2.45) is 0 Å². The summed E-state index contributed by atoms with van der Waals surface area (Å²) >= 11 is 1.24. The van der Waals surface area contributed by atoms with Gasteiger partial charge in [0, 0.05) is 23.1 Å². The molecule has 0 saturated carbocycles. The molecule has 0 aliphatic heterocycles. The number of rotatable bonds is 6. The van der Waals surface area contributed by atoms with E-state index in [1.807, 2.05) is 37.3 Å². The number of ether oxygens (including phenoxy) is 1. The van der Waals surface area contributed by atoms with Crippen LogP contribution in [0.4, 0.5) is 8.78 Å². The molecule has 0 amide bonds. The van der Waals surface area contributed by atoms with Gasteiger partial charge >= 0.3 is 0 Å². The van der Waals surface area contributed by atoms with Crippen molar-refractivity contribution in [3.05, 3.63) is 77.5 Å². The monoisotopic (exact) mass is 358 g/mol. The lowest BCUT2D eigenvalue weighted by molar-refractivity contribution is 0.454. The van der Waals surface area contributed by atoms with Crippen LogP contribution in [0.1, 0.15) is 18.2 Å². The number of nitrogens with zero attached hydrogens (tertiary/aromatic N) is 2. The van der Waals surface area contributed by atoms with Gasteiger partial charge < -0.3 is 4.74 Å². The number of aryl methyl sites for hydroxylation is 1. The number of para-hydroxylation sites is 1. The van der Waals surface area contributed by atoms with Gasteiger partial charge in [-0.2, -0.15) is 4.98 Å². The zero-order chi connectivity index (χ0) is 17.6. The molecule has 3 nitrogen and oxygen atoms in total. The van der Waals surface area contributed by atoms with E-state index in [0.717, 1.165) is 24.2 Å². The summed E-state index contributed by atoms with van der Waals surface area (Å²) in [6, 6.07) is 14.5. The van der Waals surface area contributed by atoms with Gasteiger partial charge in [-0.15, -0.1) is 0 Å². The van der Waals surface area contributed by atoms with Crippen molar-refractivity contribution in [1.29, 1.82) is 0 Å². The van der Waals surface area contributed by atoms with Gasteiger partial charge in [0.05, 0.1) is 0 Å². The lowest BCUT2D eigenvalue weighted by Crippen LogP contribution is -1.98. The van der Waals surface area contributed by atoms with Crippen molar-refractivity contribution in [1.82, 2.24) is 9.97 Å². The first-order valence-corrected chi connectivity index (χ1v) is 8.80. The van der Waals surface area contributed by atoms with Crippen molar-refractivity contribution in [3.8, 4) is 11.6 Å². The van der Waals surface area contributed by atoms with Gasteiger partial charge in [-0.05, 0) is 36.8 Å². The van der Waals surface area contributed by atoms with Crippen molar-refractivity contribution < 1.29 is 13.5 Å². The van der Waals surface area contributed by atoms with Crippen LogP contribution in [0.15, 0.2) is 59.8 Å². The highest BCUT2D eigenvalue weighted by atomic mass is 32.2. The molecule has 0 fully saturated rings. The van der Waals surface area contributed by atoms with Gasteiger partial charge in [0.2, 0.25) is 5.88 Å². The van der Waals surface area contributed by atoms with Crippen LogP contribution in [0, 0.1) is 11.6 Å². The van der Waals surface area contributed by atoms with Crippen LogP contribution in [-0.4, -0.2) is 9.97 Å². The smallest absolute Gasteiger partial charge is 0.223 e. The largest absolute Gasteiger partial charge is 0.439 e. The topological polar surface area (TPSA) is 35.0 Å². The molecule has 0 radical (unpaired) electrons. The minimum Gasteiger partial charge on any atom is -0.439 e. The summed E-state index contributed by atoms with van der Waals surface area (Å²) in [6.45, 7) is 1.98. The first-order valence-electron chi connectivity index (χ1n) is 7.81. The number of halogens is 2. The summed E-state index contributed by atoms with van der Waals surface area (Å²) in [6.07, 6.45) is 0.718. The minimum absolute atomic E-state index is 0.238. The van der Waals surface area contributed by atoms with Crippen LogP contribution >= 0.6 is 11.8 Å². The van der Waals surface area contributed by atoms with Gasteiger partial charge in [0.25, 0.3) is 0 Å². The second-order valence-electron chi connectivity index (χ2n) is 5.27. The SMILES string of the molecule is CCc1cc(Oc2ccccc2)nc(SCc2cc(F)ccc2F)n1. The Morgan fingerprint density at radius 1 is 1.00 bits per heavy atom. The quantitative estimate of drug-likeness (QED) is 0.436. The third-order valence-electron chi connectivity index (χ3n) is 3.43. The van der Waals surface area contributed by atoms with E-state index in [9.17, 15) is 8.78 Å². The average Bonchev–Trinajstić information content (AvgIpc) is 2.63. The van der Waals surface area contributed by atoms with Crippen LogP contribution in [0.2, 0.25) is 0 Å². The van der Waals surface area contributed by atoms with Crippen LogP contribution in [0.5, 0.6) is 11.6 Å². The molecule has 0 N–H and O–H groups in total. The van der Waals surface area contributed by atoms with Gasteiger partial charge in [0.15, 0.2) is 5.16 Å². The zero-order valence-corrected chi connectivity index (χ0v) is 14.4. The summed E-state index contributed by atoms with van der Waals surface area (Å²) in [7, 11) is 0. The number of benzene rings is 2. The number of hydrogen-bond acceptors (Lipinski definition) is 4. The molecule has 6 heteroatoms. The van der Waals surface area contributed by atoms with E-state index in [2.05, 4.69) is 9.97 Å². The Hall–Kier alpha value is -2.47. The summed E-state index contributed by atoms with van der Waals surface area (Å²) in [5, 5.41) is 0.467. The molecule has 25 heavy (non-hydrogen) atoms. The van der Waals surface area contributed by atoms with E-state index in [1.54, 1.807) is 6.07 Å². The first kappa shape index (κ1) is 17.4. The number of aromatic nitrogens is 2. The summed E-state index contributed by atoms with van der Waals surface area (Å²) in [4.78, 5) is 8.77. The molecule has 0 aliphatic rings.